The molecule has 1 aromatic heterocycles. The number of hydrogen-bond donors (Lipinski definition) is 0. The van der Waals surface area contributed by atoms with Gasteiger partial charge in [0.1, 0.15) is 5.58 Å². The van der Waals surface area contributed by atoms with Crippen molar-refractivity contribution in [1.29, 1.82) is 0 Å². The summed E-state index contributed by atoms with van der Waals surface area (Å²) in [7, 11) is 0. The SMILES string of the molecule is O=C1c2oc3ccc(Cl)cc3c(=O)c2C(c2cccc(Br)c2)N1CCN1CCOCC1. The van der Waals surface area contributed by atoms with E-state index in [2.05, 4.69) is 20.8 Å². The Labute approximate surface area is 192 Å². The molecule has 5 rings (SSSR count). The Kier molecular flexibility index (Phi) is 5.60. The van der Waals surface area contributed by atoms with E-state index in [9.17, 15) is 9.59 Å². The van der Waals surface area contributed by atoms with Gasteiger partial charge in [-0.15, -0.1) is 0 Å². The van der Waals surface area contributed by atoms with Crippen molar-refractivity contribution < 1.29 is 13.9 Å². The minimum Gasteiger partial charge on any atom is -0.450 e. The van der Waals surface area contributed by atoms with Crippen molar-refractivity contribution in [3.63, 3.8) is 0 Å². The molecular weight excluding hydrogens is 484 g/mol. The molecular formula is C23H20BrClN2O4. The lowest BCUT2D eigenvalue weighted by atomic mass is 9.98. The molecule has 1 amide bonds. The summed E-state index contributed by atoms with van der Waals surface area (Å²) >= 11 is 9.64. The summed E-state index contributed by atoms with van der Waals surface area (Å²) < 4.78 is 12.3. The van der Waals surface area contributed by atoms with E-state index in [1.54, 1.807) is 23.1 Å². The normalized spacial score (nSPS) is 19.2. The molecule has 3 aromatic rings. The summed E-state index contributed by atoms with van der Waals surface area (Å²) in [4.78, 5) is 30.9. The third-order valence-electron chi connectivity index (χ3n) is 5.85. The first-order valence-electron chi connectivity index (χ1n) is 10.2. The number of amides is 1. The topological polar surface area (TPSA) is 63.0 Å². The first-order chi connectivity index (χ1) is 15.0. The van der Waals surface area contributed by atoms with E-state index in [-0.39, 0.29) is 17.1 Å². The van der Waals surface area contributed by atoms with Crippen molar-refractivity contribution in [3.8, 4) is 0 Å². The zero-order valence-electron chi connectivity index (χ0n) is 16.6. The molecule has 6 nitrogen and oxygen atoms in total. The number of nitrogens with zero attached hydrogens (tertiary/aromatic N) is 2. The van der Waals surface area contributed by atoms with Crippen molar-refractivity contribution in [1.82, 2.24) is 9.80 Å². The predicted molar refractivity (Wildman–Crippen MR) is 122 cm³/mol. The molecule has 0 saturated carbocycles. The van der Waals surface area contributed by atoms with Crippen LogP contribution in [0.1, 0.15) is 27.7 Å². The first-order valence-corrected chi connectivity index (χ1v) is 11.3. The number of hydrogen-bond acceptors (Lipinski definition) is 5. The van der Waals surface area contributed by atoms with Crippen LogP contribution in [0.25, 0.3) is 11.0 Å². The lowest BCUT2D eigenvalue weighted by molar-refractivity contribution is 0.0314. The fraction of sp³-hybridized carbons (Fsp3) is 0.304. The summed E-state index contributed by atoms with van der Waals surface area (Å²) in [5.74, 6) is -0.144. The largest absolute Gasteiger partial charge is 0.450 e. The third kappa shape index (κ3) is 3.80. The van der Waals surface area contributed by atoms with Crippen LogP contribution >= 0.6 is 27.5 Å². The highest BCUT2D eigenvalue weighted by Crippen LogP contribution is 2.38. The Morgan fingerprint density at radius 2 is 1.87 bits per heavy atom. The van der Waals surface area contributed by atoms with Gasteiger partial charge < -0.3 is 14.1 Å². The Hall–Kier alpha value is -2.19. The Bertz CT molecular complexity index is 1220. The van der Waals surface area contributed by atoms with Gasteiger partial charge in [-0.05, 0) is 35.9 Å². The van der Waals surface area contributed by atoms with Gasteiger partial charge in [-0.25, -0.2) is 0 Å². The summed E-state index contributed by atoms with van der Waals surface area (Å²) in [5, 5.41) is 0.835. The second kappa shape index (κ2) is 8.39. The molecule has 0 spiro atoms. The molecule has 8 heteroatoms. The predicted octanol–water partition coefficient (Wildman–Crippen LogP) is 4.09. The molecule has 2 aromatic carbocycles. The number of morpholine rings is 1. The Balaban J connectivity index is 1.61. The summed E-state index contributed by atoms with van der Waals surface area (Å²) in [6.45, 7) is 4.22. The van der Waals surface area contributed by atoms with Crippen LogP contribution in [-0.2, 0) is 4.74 Å². The first kappa shape index (κ1) is 20.7. The maximum atomic E-state index is 13.5. The van der Waals surface area contributed by atoms with Crippen LogP contribution in [0, 0.1) is 0 Å². The Morgan fingerprint density at radius 1 is 1.06 bits per heavy atom. The molecule has 0 radical (unpaired) electrons. The lowest BCUT2D eigenvalue weighted by Crippen LogP contribution is -2.42. The van der Waals surface area contributed by atoms with E-state index in [4.69, 9.17) is 20.8 Å². The van der Waals surface area contributed by atoms with Crippen molar-refractivity contribution in [3.05, 3.63) is 79.1 Å². The van der Waals surface area contributed by atoms with Crippen LogP contribution in [-0.4, -0.2) is 55.1 Å². The average molecular weight is 504 g/mol. The zero-order chi connectivity index (χ0) is 21.5. The monoisotopic (exact) mass is 502 g/mol. The minimum atomic E-state index is -0.513. The summed E-state index contributed by atoms with van der Waals surface area (Å²) in [5.41, 5.74) is 1.38. The van der Waals surface area contributed by atoms with Crippen molar-refractivity contribution in [2.45, 2.75) is 6.04 Å². The second-order valence-corrected chi connectivity index (χ2v) is 9.08. The maximum Gasteiger partial charge on any atom is 0.290 e. The molecule has 2 aliphatic rings. The highest BCUT2D eigenvalue weighted by molar-refractivity contribution is 9.10. The fourth-order valence-electron chi connectivity index (χ4n) is 4.32. The molecule has 3 heterocycles. The molecule has 0 aliphatic carbocycles. The van der Waals surface area contributed by atoms with Crippen molar-refractivity contribution in [2.24, 2.45) is 0 Å². The molecule has 0 N–H and O–H groups in total. The molecule has 1 atom stereocenters. The zero-order valence-corrected chi connectivity index (χ0v) is 19.0. The van der Waals surface area contributed by atoms with Gasteiger partial charge in [-0.2, -0.15) is 0 Å². The van der Waals surface area contributed by atoms with Gasteiger partial charge in [0.2, 0.25) is 5.76 Å². The number of rotatable bonds is 4. The number of benzene rings is 2. The van der Waals surface area contributed by atoms with E-state index >= 15 is 0 Å². The van der Waals surface area contributed by atoms with E-state index in [1.165, 1.54) is 0 Å². The molecule has 2 aliphatic heterocycles. The molecule has 1 unspecified atom stereocenters. The van der Waals surface area contributed by atoms with Gasteiger partial charge in [-0.3, -0.25) is 14.5 Å². The van der Waals surface area contributed by atoms with Crippen LogP contribution < -0.4 is 5.43 Å². The van der Waals surface area contributed by atoms with Crippen LogP contribution in [0.3, 0.4) is 0 Å². The number of carbonyl (C=O) groups is 1. The van der Waals surface area contributed by atoms with Crippen molar-refractivity contribution >= 4 is 44.4 Å². The van der Waals surface area contributed by atoms with Gasteiger partial charge in [0.25, 0.3) is 5.91 Å². The number of halogens is 2. The summed E-state index contributed by atoms with van der Waals surface area (Å²) in [6.07, 6.45) is 0. The molecule has 0 bridgehead atoms. The van der Waals surface area contributed by atoms with Gasteiger partial charge in [0.05, 0.1) is 30.2 Å². The second-order valence-electron chi connectivity index (χ2n) is 7.72. The quantitative estimate of drug-likeness (QED) is 0.537. The van der Waals surface area contributed by atoms with E-state index in [0.29, 0.717) is 47.9 Å². The molecule has 31 heavy (non-hydrogen) atoms. The number of carbonyl (C=O) groups excluding carboxylic acids is 1. The standard InChI is InChI=1S/C23H20BrClN2O4/c24-15-3-1-2-14(12-15)20-19-21(28)17-13-16(25)4-5-18(17)31-22(19)23(29)27(20)7-6-26-8-10-30-11-9-26/h1-5,12-13,20H,6-11H2. The smallest absolute Gasteiger partial charge is 0.290 e. The van der Waals surface area contributed by atoms with Crippen LogP contribution in [0.2, 0.25) is 5.02 Å². The minimum absolute atomic E-state index is 0.117. The molecule has 1 saturated heterocycles. The van der Waals surface area contributed by atoms with Gasteiger partial charge in [-0.1, -0.05) is 39.7 Å². The van der Waals surface area contributed by atoms with Gasteiger partial charge >= 0.3 is 0 Å². The highest BCUT2D eigenvalue weighted by atomic mass is 79.9. The maximum absolute atomic E-state index is 13.5. The van der Waals surface area contributed by atoms with Crippen LogP contribution in [0.4, 0.5) is 0 Å². The number of fused-ring (bicyclic) bond motifs is 2. The third-order valence-corrected chi connectivity index (χ3v) is 6.58. The van der Waals surface area contributed by atoms with Gasteiger partial charge in [0.15, 0.2) is 5.43 Å². The van der Waals surface area contributed by atoms with Crippen LogP contribution in [0.5, 0.6) is 0 Å². The van der Waals surface area contributed by atoms with E-state index in [0.717, 1.165) is 23.1 Å². The van der Waals surface area contributed by atoms with Crippen LogP contribution in [0.15, 0.2) is 56.1 Å². The lowest BCUT2D eigenvalue weighted by Gasteiger charge is -2.31. The van der Waals surface area contributed by atoms with Crippen molar-refractivity contribution in [2.75, 3.05) is 39.4 Å². The fourth-order valence-corrected chi connectivity index (χ4v) is 4.91. The Morgan fingerprint density at radius 3 is 2.65 bits per heavy atom. The van der Waals surface area contributed by atoms with Gasteiger partial charge in [0, 0.05) is 35.7 Å². The molecule has 1 fully saturated rings. The summed E-state index contributed by atoms with van der Waals surface area (Å²) in [6, 6.07) is 12.1. The number of ether oxygens (including phenoxy) is 1. The van der Waals surface area contributed by atoms with E-state index in [1.807, 2.05) is 24.3 Å². The average Bonchev–Trinajstić information content (AvgIpc) is 3.05. The highest BCUT2D eigenvalue weighted by Gasteiger charge is 2.42. The van der Waals surface area contributed by atoms with E-state index < -0.39 is 6.04 Å². The molecule has 160 valence electrons.